The molecule has 0 radical (unpaired) electrons. The third-order valence-electron chi connectivity index (χ3n) is 5.15. The van der Waals surface area contributed by atoms with Crippen LogP contribution in [0.15, 0.2) is 24.3 Å². The minimum absolute atomic E-state index is 0.117. The molecule has 0 heterocycles. The first-order valence-corrected chi connectivity index (χ1v) is 11.0. The number of amides is 3. The fraction of sp³-hybridized carbons (Fsp3) is 0.560. The molecule has 2 N–H and O–H groups in total. The number of carbonyl (C=O) groups is 3. The molecule has 174 valence electrons. The molecule has 1 aromatic carbocycles. The van der Waals surface area contributed by atoms with E-state index in [1.165, 1.54) is 0 Å². The predicted octanol–water partition coefficient (Wildman–Crippen LogP) is 3.38. The molecule has 4 unspecified atom stereocenters. The van der Waals surface area contributed by atoms with Gasteiger partial charge in [0.2, 0.25) is 11.8 Å². The van der Waals surface area contributed by atoms with Gasteiger partial charge in [0.1, 0.15) is 17.7 Å². The molecule has 0 aromatic heterocycles. The van der Waals surface area contributed by atoms with E-state index in [0.29, 0.717) is 11.1 Å². The van der Waals surface area contributed by atoms with Crippen LogP contribution in [0.1, 0.15) is 72.1 Å². The molecule has 1 fully saturated rings. The molecule has 7 heteroatoms. The zero-order chi connectivity index (χ0) is 24.2. The number of hydrogen-bond donors (Lipinski definition) is 2. The number of terminal acetylenes is 1. The highest BCUT2D eigenvalue weighted by Crippen LogP contribution is 2.41. The molecule has 0 spiro atoms. The second kappa shape index (κ2) is 10.1. The standard InChI is InChI=1S/C25H35N3O4/c1-9-18-12-10-11-13-19(18)21(22(29)26-15(2)3)28(20-14-16(20)4)23(30)17(5)27-24(31)32-25(6,7)8/h1,10-13,15-17,20-21H,14H2,2-8H3,(H,26,29)(H,27,31). The molecule has 32 heavy (non-hydrogen) atoms. The summed E-state index contributed by atoms with van der Waals surface area (Å²) < 4.78 is 5.29. The van der Waals surface area contributed by atoms with Gasteiger partial charge in [-0.05, 0) is 65.5 Å². The van der Waals surface area contributed by atoms with Crippen molar-refractivity contribution in [1.82, 2.24) is 15.5 Å². The van der Waals surface area contributed by atoms with E-state index in [2.05, 4.69) is 16.6 Å². The third-order valence-corrected chi connectivity index (χ3v) is 5.15. The van der Waals surface area contributed by atoms with Crippen molar-refractivity contribution in [3.05, 3.63) is 35.4 Å². The number of nitrogens with one attached hydrogen (secondary N) is 2. The number of nitrogens with zero attached hydrogens (tertiary/aromatic N) is 1. The topological polar surface area (TPSA) is 87.7 Å². The van der Waals surface area contributed by atoms with Crippen molar-refractivity contribution in [2.24, 2.45) is 5.92 Å². The predicted molar refractivity (Wildman–Crippen MR) is 124 cm³/mol. The molecule has 1 saturated carbocycles. The summed E-state index contributed by atoms with van der Waals surface area (Å²) in [5.41, 5.74) is 0.448. The molecule has 2 rings (SSSR count). The Balaban J connectivity index is 2.43. The van der Waals surface area contributed by atoms with Gasteiger partial charge in [0, 0.05) is 17.6 Å². The Hall–Kier alpha value is -3.01. The lowest BCUT2D eigenvalue weighted by Gasteiger charge is -2.35. The second-order valence-electron chi connectivity index (χ2n) is 9.69. The summed E-state index contributed by atoms with van der Waals surface area (Å²) in [5.74, 6) is 2.20. The van der Waals surface area contributed by atoms with E-state index >= 15 is 0 Å². The smallest absolute Gasteiger partial charge is 0.408 e. The number of rotatable bonds is 7. The average Bonchev–Trinajstić information content (AvgIpc) is 3.39. The zero-order valence-electron chi connectivity index (χ0n) is 20.1. The molecular weight excluding hydrogens is 406 g/mol. The molecular formula is C25H35N3O4. The summed E-state index contributed by atoms with van der Waals surface area (Å²) in [4.78, 5) is 40.8. The molecule has 1 aliphatic carbocycles. The van der Waals surface area contributed by atoms with Crippen LogP contribution in [-0.4, -0.2) is 46.5 Å². The van der Waals surface area contributed by atoms with E-state index in [1.807, 2.05) is 20.8 Å². The Kier molecular flexibility index (Phi) is 7.95. The van der Waals surface area contributed by atoms with E-state index in [-0.39, 0.29) is 29.8 Å². The van der Waals surface area contributed by atoms with Crippen LogP contribution in [0.2, 0.25) is 0 Å². The molecule has 4 atom stereocenters. The van der Waals surface area contributed by atoms with Gasteiger partial charge in [-0.25, -0.2) is 4.79 Å². The highest BCUT2D eigenvalue weighted by Gasteiger charge is 2.48. The summed E-state index contributed by atoms with van der Waals surface area (Å²) in [6.07, 6.45) is 5.80. The highest BCUT2D eigenvalue weighted by atomic mass is 16.6. The van der Waals surface area contributed by atoms with Gasteiger partial charge < -0.3 is 20.3 Å². The Morgan fingerprint density at radius 3 is 2.25 bits per heavy atom. The Bertz CT molecular complexity index is 897. The lowest BCUT2D eigenvalue weighted by atomic mass is 9.97. The van der Waals surface area contributed by atoms with Crippen LogP contribution in [0.5, 0.6) is 0 Å². The Morgan fingerprint density at radius 2 is 1.75 bits per heavy atom. The SMILES string of the molecule is C#Cc1ccccc1C(C(=O)NC(C)C)N(C(=O)C(C)NC(=O)OC(C)(C)C)C1CC1C. The third kappa shape index (κ3) is 6.49. The molecule has 0 aliphatic heterocycles. The molecule has 7 nitrogen and oxygen atoms in total. The summed E-state index contributed by atoms with van der Waals surface area (Å²) >= 11 is 0. The van der Waals surface area contributed by atoms with Crippen molar-refractivity contribution in [2.45, 2.75) is 84.7 Å². The molecule has 3 amide bonds. The minimum atomic E-state index is -0.907. The lowest BCUT2D eigenvalue weighted by molar-refractivity contribution is -0.143. The number of alkyl carbamates (subject to hydrolysis) is 1. The van der Waals surface area contributed by atoms with E-state index < -0.39 is 23.8 Å². The van der Waals surface area contributed by atoms with Gasteiger partial charge in [0.15, 0.2) is 0 Å². The maximum Gasteiger partial charge on any atom is 0.408 e. The lowest BCUT2D eigenvalue weighted by Crippen LogP contribution is -2.53. The first-order valence-electron chi connectivity index (χ1n) is 11.0. The quantitative estimate of drug-likeness (QED) is 0.635. The van der Waals surface area contributed by atoms with Gasteiger partial charge in [0.25, 0.3) is 0 Å². The maximum atomic E-state index is 13.6. The van der Waals surface area contributed by atoms with Gasteiger partial charge in [-0.2, -0.15) is 0 Å². The monoisotopic (exact) mass is 441 g/mol. The number of benzene rings is 1. The van der Waals surface area contributed by atoms with Crippen LogP contribution in [0, 0.1) is 18.3 Å². The number of carbonyl (C=O) groups excluding carboxylic acids is 3. The van der Waals surface area contributed by atoms with Crippen molar-refractivity contribution in [2.75, 3.05) is 0 Å². The van der Waals surface area contributed by atoms with Crippen molar-refractivity contribution in [1.29, 1.82) is 0 Å². The summed E-state index contributed by atoms with van der Waals surface area (Å²) in [5, 5.41) is 5.53. The van der Waals surface area contributed by atoms with Crippen LogP contribution in [0.4, 0.5) is 4.79 Å². The van der Waals surface area contributed by atoms with Gasteiger partial charge in [0.05, 0.1) is 0 Å². The highest BCUT2D eigenvalue weighted by molar-refractivity contribution is 5.93. The van der Waals surface area contributed by atoms with Crippen LogP contribution in [0.25, 0.3) is 0 Å². The molecule has 1 aromatic rings. The molecule has 1 aliphatic rings. The van der Waals surface area contributed by atoms with E-state index in [1.54, 1.807) is 56.9 Å². The van der Waals surface area contributed by atoms with Crippen molar-refractivity contribution in [3.8, 4) is 12.3 Å². The van der Waals surface area contributed by atoms with Crippen LogP contribution in [0.3, 0.4) is 0 Å². The van der Waals surface area contributed by atoms with Gasteiger partial charge >= 0.3 is 6.09 Å². The fourth-order valence-electron chi connectivity index (χ4n) is 3.59. The van der Waals surface area contributed by atoms with E-state index in [4.69, 9.17) is 11.2 Å². The van der Waals surface area contributed by atoms with Gasteiger partial charge in [-0.1, -0.05) is 31.0 Å². The van der Waals surface area contributed by atoms with Crippen molar-refractivity contribution >= 4 is 17.9 Å². The first-order chi connectivity index (χ1) is 14.9. The Morgan fingerprint density at radius 1 is 1.16 bits per heavy atom. The number of ether oxygens (including phenoxy) is 1. The summed E-state index contributed by atoms with van der Waals surface area (Å²) in [7, 11) is 0. The van der Waals surface area contributed by atoms with Crippen LogP contribution in [-0.2, 0) is 14.3 Å². The van der Waals surface area contributed by atoms with Crippen molar-refractivity contribution in [3.63, 3.8) is 0 Å². The normalized spacial score (nSPS) is 19.3. The number of hydrogen-bond acceptors (Lipinski definition) is 4. The Labute approximate surface area is 191 Å². The minimum Gasteiger partial charge on any atom is -0.444 e. The fourth-order valence-corrected chi connectivity index (χ4v) is 3.59. The molecule has 0 saturated heterocycles. The van der Waals surface area contributed by atoms with E-state index in [0.717, 1.165) is 6.42 Å². The van der Waals surface area contributed by atoms with Crippen molar-refractivity contribution < 1.29 is 19.1 Å². The van der Waals surface area contributed by atoms with Crippen LogP contribution < -0.4 is 10.6 Å². The first kappa shape index (κ1) is 25.3. The average molecular weight is 442 g/mol. The summed E-state index contributed by atoms with van der Waals surface area (Å²) in [6.45, 7) is 12.6. The maximum absolute atomic E-state index is 13.6. The van der Waals surface area contributed by atoms with Gasteiger partial charge in [-0.15, -0.1) is 6.42 Å². The van der Waals surface area contributed by atoms with E-state index in [9.17, 15) is 14.4 Å². The van der Waals surface area contributed by atoms with Crippen LogP contribution >= 0.6 is 0 Å². The zero-order valence-corrected chi connectivity index (χ0v) is 20.1. The summed E-state index contributed by atoms with van der Waals surface area (Å²) in [6, 6.07) is 5.10. The molecule has 0 bridgehead atoms. The second-order valence-corrected chi connectivity index (χ2v) is 9.69. The van der Waals surface area contributed by atoms with Gasteiger partial charge in [-0.3, -0.25) is 9.59 Å². The largest absolute Gasteiger partial charge is 0.444 e.